The third kappa shape index (κ3) is 3.14. The first kappa shape index (κ1) is 22.8. The van der Waals surface area contributed by atoms with E-state index in [-0.39, 0.29) is 10.8 Å². The van der Waals surface area contributed by atoms with Crippen LogP contribution < -0.4 is 9.21 Å². The molecule has 0 radical (unpaired) electrons. The Hall–Kier alpha value is -3.62. The first-order valence-electron chi connectivity index (χ1n) is 11.9. The summed E-state index contributed by atoms with van der Waals surface area (Å²) in [6.07, 6.45) is -0.778. The summed E-state index contributed by atoms with van der Waals surface area (Å²) in [5.74, 6) is -1.02. The second-order valence-electron chi connectivity index (χ2n) is 9.47. The Morgan fingerprint density at radius 3 is 2.31 bits per heavy atom. The predicted molar refractivity (Wildman–Crippen MR) is 137 cm³/mol. The van der Waals surface area contributed by atoms with Gasteiger partial charge in [0.1, 0.15) is 12.0 Å². The van der Waals surface area contributed by atoms with Crippen molar-refractivity contribution in [3.63, 3.8) is 0 Å². The van der Waals surface area contributed by atoms with Crippen molar-refractivity contribution in [3.05, 3.63) is 95.7 Å². The summed E-state index contributed by atoms with van der Waals surface area (Å²) in [6, 6.07) is 22.1. The number of amides is 1. The fourth-order valence-corrected chi connectivity index (χ4v) is 7.56. The second-order valence-corrected chi connectivity index (χ2v) is 11.3. The van der Waals surface area contributed by atoms with Crippen molar-refractivity contribution >= 4 is 32.9 Å². The van der Waals surface area contributed by atoms with Gasteiger partial charge in [-0.3, -0.25) is 14.0 Å². The number of allylic oxidation sites excluding steroid dienone is 1. The molecule has 4 atom stereocenters. The Kier molecular flexibility index (Phi) is 5.21. The zero-order chi connectivity index (χ0) is 25.2. The van der Waals surface area contributed by atoms with E-state index in [2.05, 4.69) is 0 Å². The van der Waals surface area contributed by atoms with Gasteiger partial charge in [-0.25, -0.2) is 8.42 Å². The fourth-order valence-electron chi connectivity index (χ4n) is 5.90. The van der Waals surface area contributed by atoms with Crippen LogP contribution in [0.2, 0.25) is 0 Å². The molecule has 2 aliphatic heterocycles. The number of nitrogens with zero attached hydrogens (tertiary/aromatic N) is 2. The van der Waals surface area contributed by atoms with Gasteiger partial charge in [-0.05, 0) is 37.3 Å². The quantitative estimate of drug-likeness (QED) is 0.584. The van der Waals surface area contributed by atoms with Crippen molar-refractivity contribution in [2.24, 2.45) is 11.8 Å². The Balaban J connectivity index is 1.56. The summed E-state index contributed by atoms with van der Waals surface area (Å²) in [5, 5.41) is 11.4. The molecule has 1 saturated heterocycles. The molecule has 0 spiro atoms. The highest BCUT2D eigenvalue weighted by Gasteiger charge is 2.60. The molecule has 3 aliphatic rings. The number of methoxy groups -OCH3 is 1. The van der Waals surface area contributed by atoms with E-state index >= 15 is 0 Å². The van der Waals surface area contributed by atoms with Gasteiger partial charge in [0.05, 0.1) is 29.7 Å². The maximum absolute atomic E-state index is 14.2. The van der Waals surface area contributed by atoms with Crippen molar-refractivity contribution in [1.82, 2.24) is 0 Å². The molecule has 1 fully saturated rings. The van der Waals surface area contributed by atoms with Gasteiger partial charge in [-0.1, -0.05) is 54.1 Å². The number of carbonyl (C=O) groups excluding carboxylic acids is 1. The number of hydrogen-bond acceptors (Lipinski definition) is 5. The average molecular weight is 503 g/mol. The van der Waals surface area contributed by atoms with E-state index in [1.54, 1.807) is 67.8 Å². The number of sulfonamides is 1. The van der Waals surface area contributed by atoms with Crippen molar-refractivity contribution in [2.45, 2.75) is 30.5 Å². The highest BCUT2D eigenvalue weighted by molar-refractivity contribution is 7.93. The maximum Gasteiger partial charge on any atom is 0.264 e. The number of para-hydroxylation sites is 2. The number of hydrogen-bond donors (Lipinski definition) is 1. The van der Waals surface area contributed by atoms with Gasteiger partial charge in [0.2, 0.25) is 5.91 Å². The molecule has 3 aromatic rings. The first-order chi connectivity index (χ1) is 17.3. The third-order valence-electron chi connectivity index (χ3n) is 7.53. The number of rotatable bonds is 4. The second kappa shape index (κ2) is 8.21. The van der Waals surface area contributed by atoms with Crippen LogP contribution in [0.15, 0.2) is 89.5 Å². The highest BCUT2D eigenvalue weighted by Crippen LogP contribution is 2.56. The normalized spacial score (nSPS) is 25.0. The molecule has 7 nitrogen and oxygen atoms in total. The molecule has 1 aliphatic carbocycles. The van der Waals surface area contributed by atoms with Crippen molar-refractivity contribution < 1.29 is 23.1 Å². The van der Waals surface area contributed by atoms with Crippen LogP contribution in [0.1, 0.15) is 17.5 Å². The lowest BCUT2D eigenvalue weighted by Crippen LogP contribution is -2.48. The molecular weight excluding hydrogens is 476 g/mol. The Labute approximate surface area is 210 Å². The van der Waals surface area contributed by atoms with Crippen LogP contribution in [0.5, 0.6) is 0 Å². The van der Waals surface area contributed by atoms with Crippen LogP contribution in [-0.2, 0) is 19.6 Å². The van der Waals surface area contributed by atoms with Crippen molar-refractivity contribution in [3.8, 4) is 0 Å². The van der Waals surface area contributed by atoms with Crippen molar-refractivity contribution in [2.75, 3.05) is 16.3 Å². The highest BCUT2D eigenvalue weighted by atomic mass is 32.2. The molecule has 1 N–H and O–H groups in total. The lowest BCUT2D eigenvalue weighted by Gasteiger charge is -2.37. The molecule has 0 saturated carbocycles. The summed E-state index contributed by atoms with van der Waals surface area (Å²) in [7, 11) is -2.49. The number of anilines is 2. The van der Waals surface area contributed by atoms with E-state index in [0.29, 0.717) is 29.1 Å². The third-order valence-corrected chi connectivity index (χ3v) is 9.34. The number of aryl methyl sites for hydroxylation is 1. The van der Waals surface area contributed by atoms with Gasteiger partial charge in [-0.2, -0.15) is 0 Å². The molecule has 2 heterocycles. The Morgan fingerprint density at radius 2 is 1.61 bits per heavy atom. The Morgan fingerprint density at radius 1 is 0.944 bits per heavy atom. The standard InChI is InChI=1S/C28H26N2O5S/c1-17-12-14-19(15-13-17)36(33,34)30-22-11-7-6-10-20(22)24-23(35-2)16-21-25(26(24)30)28(32)29(27(21)31)18-8-4-3-5-9-18/h3-15,21,25-27,31H,16H2,1-2H3. The SMILES string of the molecule is COC1=C2c3ccccc3N(S(=O)(=O)c3ccc(C)cc3)C2C2C(=O)N(c3ccccc3)C(O)C2C1. The number of carbonyl (C=O) groups is 1. The number of ether oxygens (including phenoxy) is 1. The first-order valence-corrected chi connectivity index (χ1v) is 13.3. The molecule has 8 heteroatoms. The zero-order valence-electron chi connectivity index (χ0n) is 19.9. The number of aliphatic hydroxyl groups excluding tert-OH is 1. The van der Waals surface area contributed by atoms with Gasteiger partial charge >= 0.3 is 0 Å². The van der Waals surface area contributed by atoms with Gasteiger partial charge in [0.25, 0.3) is 10.0 Å². The summed E-state index contributed by atoms with van der Waals surface area (Å²) in [5.41, 5.74) is 3.46. The molecule has 1 amide bonds. The van der Waals surface area contributed by atoms with E-state index in [9.17, 15) is 18.3 Å². The minimum absolute atomic E-state index is 0.149. The number of fused-ring (bicyclic) bond motifs is 5. The van der Waals surface area contributed by atoms with Crippen molar-refractivity contribution in [1.29, 1.82) is 0 Å². The fraction of sp³-hybridized carbons (Fsp3) is 0.250. The molecule has 184 valence electrons. The van der Waals surface area contributed by atoms with Gasteiger partial charge in [0, 0.05) is 29.2 Å². The molecule has 3 aromatic carbocycles. The smallest absolute Gasteiger partial charge is 0.264 e. The minimum atomic E-state index is -4.04. The zero-order valence-corrected chi connectivity index (χ0v) is 20.7. The summed E-state index contributed by atoms with van der Waals surface area (Å²) in [6.45, 7) is 1.90. The minimum Gasteiger partial charge on any atom is -0.501 e. The van der Waals surface area contributed by atoms with E-state index in [1.807, 2.05) is 25.1 Å². The molecule has 0 aromatic heterocycles. The lowest BCUT2D eigenvalue weighted by molar-refractivity contribution is -0.121. The topological polar surface area (TPSA) is 87.2 Å². The molecular formula is C28H26N2O5S. The number of aliphatic hydroxyl groups is 1. The average Bonchev–Trinajstić information content (AvgIpc) is 3.36. The van der Waals surface area contributed by atoms with E-state index < -0.39 is 34.1 Å². The van der Waals surface area contributed by atoms with Crippen LogP contribution in [0.3, 0.4) is 0 Å². The van der Waals surface area contributed by atoms with E-state index in [0.717, 1.165) is 11.1 Å². The summed E-state index contributed by atoms with van der Waals surface area (Å²) in [4.78, 5) is 15.5. The number of benzene rings is 3. The van der Waals surface area contributed by atoms with Gasteiger partial charge in [-0.15, -0.1) is 0 Å². The summed E-state index contributed by atoms with van der Waals surface area (Å²) < 4.78 is 35.5. The predicted octanol–water partition coefficient (Wildman–Crippen LogP) is 3.93. The van der Waals surface area contributed by atoms with Gasteiger partial charge in [0.15, 0.2) is 0 Å². The van der Waals surface area contributed by atoms with Crippen LogP contribution in [0, 0.1) is 18.8 Å². The molecule has 4 unspecified atom stereocenters. The van der Waals surface area contributed by atoms with E-state index in [1.165, 1.54) is 9.21 Å². The van der Waals surface area contributed by atoms with Crippen LogP contribution in [0.25, 0.3) is 5.57 Å². The molecule has 36 heavy (non-hydrogen) atoms. The monoisotopic (exact) mass is 502 g/mol. The lowest BCUT2D eigenvalue weighted by atomic mass is 9.76. The molecule has 0 bridgehead atoms. The summed E-state index contributed by atoms with van der Waals surface area (Å²) >= 11 is 0. The van der Waals surface area contributed by atoms with Crippen LogP contribution in [0.4, 0.5) is 11.4 Å². The Bertz CT molecular complexity index is 1480. The van der Waals surface area contributed by atoms with Gasteiger partial charge < -0.3 is 9.84 Å². The van der Waals surface area contributed by atoms with Crippen LogP contribution in [-0.4, -0.2) is 38.8 Å². The maximum atomic E-state index is 14.2. The largest absolute Gasteiger partial charge is 0.501 e. The van der Waals surface area contributed by atoms with Crippen LogP contribution >= 0.6 is 0 Å². The van der Waals surface area contributed by atoms with E-state index in [4.69, 9.17) is 4.74 Å². The molecule has 6 rings (SSSR count).